The third-order valence-corrected chi connectivity index (χ3v) is 3.45. The van der Waals surface area contributed by atoms with Gasteiger partial charge in [0.2, 0.25) is 0 Å². The summed E-state index contributed by atoms with van der Waals surface area (Å²) in [5.41, 5.74) is 0.605. The topological polar surface area (TPSA) is 29.5 Å². The number of carbonyl (C=O) groups is 1. The van der Waals surface area contributed by atoms with Crippen molar-refractivity contribution in [3.63, 3.8) is 0 Å². The Balaban J connectivity index is 1.83. The van der Waals surface area contributed by atoms with Crippen molar-refractivity contribution < 1.29 is 9.53 Å². The van der Waals surface area contributed by atoms with E-state index in [1.807, 2.05) is 0 Å². The Morgan fingerprint density at radius 1 is 1.00 bits per heavy atom. The van der Waals surface area contributed by atoms with Gasteiger partial charge in [-0.1, -0.05) is 23.2 Å². The summed E-state index contributed by atoms with van der Waals surface area (Å²) in [6.07, 6.45) is 0. The lowest BCUT2D eigenvalue weighted by Crippen LogP contribution is -2.30. The van der Waals surface area contributed by atoms with Crippen LogP contribution in [0.25, 0.3) is 0 Å². The molecule has 2 aromatic rings. The summed E-state index contributed by atoms with van der Waals surface area (Å²) in [6, 6.07) is 13.9. The molecule has 0 fully saturated rings. The van der Waals surface area contributed by atoms with Crippen molar-refractivity contribution in [3.05, 3.63) is 64.1 Å². The summed E-state index contributed by atoms with van der Waals surface area (Å²) in [4.78, 5) is 13.8. The molecule has 0 spiro atoms. The summed E-state index contributed by atoms with van der Waals surface area (Å²) >= 11 is 11.6. The third-order valence-electron chi connectivity index (χ3n) is 2.95. The van der Waals surface area contributed by atoms with E-state index >= 15 is 0 Å². The van der Waals surface area contributed by atoms with Crippen LogP contribution in [0.2, 0.25) is 10.0 Å². The van der Waals surface area contributed by atoms with Gasteiger partial charge in [-0.25, -0.2) is 0 Å². The number of hydrogen-bond donors (Lipinski definition) is 0. The average Bonchev–Trinajstić information content (AvgIpc) is 2.49. The molecule has 0 heterocycles. The number of hydrogen-bond acceptors (Lipinski definition) is 2. The van der Waals surface area contributed by atoms with Gasteiger partial charge in [0.25, 0.3) is 5.91 Å². The third kappa shape index (κ3) is 4.66. The molecule has 0 atom stereocenters. The zero-order chi connectivity index (χ0) is 15.2. The molecule has 110 valence electrons. The molecule has 2 aromatic carbocycles. The molecule has 5 heteroatoms. The van der Waals surface area contributed by atoms with Crippen molar-refractivity contribution in [2.45, 2.75) is 0 Å². The maximum Gasteiger partial charge on any atom is 0.253 e. The predicted molar refractivity (Wildman–Crippen MR) is 85.4 cm³/mol. The molecule has 0 N–H and O–H groups in total. The Morgan fingerprint density at radius 3 is 2.10 bits per heavy atom. The van der Waals surface area contributed by atoms with Gasteiger partial charge in [-0.15, -0.1) is 0 Å². The standard InChI is InChI=1S/C16H15Cl2NO2/c1-19(16(20)12-2-4-13(17)5-3-12)10-11-21-15-8-6-14(18)7-9-15/h2-9H,10-11H2,1H3. The van der Waals surface area contributed by atoms with E-state index in [9.17, 15) is 4.79 Å². The molecule has 21 heavy (non-hydrogen) atoms. The van der Waals surface area contributed by atoms with E-state index in [1.54, 1.807) is 60.5 Å². The van der Waals surface area contributed by atoms with Crippen molar-refractivity contribution in [1.29, 1.82) is 0 Å². The molecule has 0 radical (unpaired) electrons. The molecule has 0 saturated heterocycles. The predicted octanol–water partition coefficient (Wildman–Crippen LogP) is 4.14. The first kappa shape index (κ1) is 15.7. The number of ether oxygens (including phenoxy) is 1. The number of likely N-dealkylation sites (N-methyl/N-ethyl adjacent to an activating group) is 1. The summed E-state index contributed by atoms with van der Waals surface area (Å²) in [5, 5.41) is 1.28. The van der Waals surface area contributed by atoms with E-state index in [2.05, 4.69) is 0 Å². The number of amides is 1. The quantitative estimate of drug-likeness (QED) is 0.827. The van der Waals surface area contributed by atoms with E-state index in [4.69, 9.17) is 27.9 Å². The molecule has 0 aromatic heterocycles. The zero-order valence-corrected chi connectivity index (χ0v) is 13.1. The van der Waals surface area contributed by atoms with Crippen LogP contribution in [-0.4, -0.2) is 31.0 Å². The summed E-state index contributed by atoms with van der Waals surface area (Å²) < 4.78 is 5.56. The van der Waals surface area contributed by atoms with Gasteiger partial charge < -0.3 is 9.64 Å². The van der Waals surface area contributed by atoms with Crippen LogP contribution >= 0.6 is 23.2 Å². The highest BCUT2D eigenvalue weighted by Crippen LogP contribution is 2.15. The molecule has 0 aliphatic heterocycles. The van der Waals surface area contributed by atoms with Gasteiger partial charge in [0, 0.05) is 22.7 Å². The van der Waals surface area contributed by atoms with Gasteiger partial charge in [-0.3, -0.25) is 4.79 Å². The van der Waals surface area contributed by atoms with Crippen molar-refractivity contribution in [3.8, 4) is 5.75 Å². The van der Waals surface area contributed by atoms with Gasteiger partial charge >= 0.3 is 0 Å². The summed E-state index contributed by atoms with van der Waals surface area (Å²) in [7, 11) is 1.74. The van der Waals surface area contributed by atoms with Crippen molar-refractivity contribution >= 4 is 29.1 Å². The Kier molecular flexibility index (Phi) is 5.48. The minimum atomic E-state index is -0.0635. The van der Waals surface area contributed by atoms with Crippen LogP contribution in [0.5, 0.6) is 5.75 Å². The van der Waals surface area contributed by atoms with E-state index in [1.165, 1.54) is 0 Å². The van der Waals surface area contributed by atoms with Gasteiger partial charge in [0.1, 0.15) is 12.4 Å². The number of nitrogens with zero attached hydrogens (tertiary/aromatic N) is 1. The SMILES string of the molecule is CN(CCOc1ccc(Cl)cc1)C(=O)c1ccc(Cl)cc1. The number of carbonyl (C=O) groups excluding carboxylic acids is 1. The average molecular weight is 324 g/mol. The number of rotatable bonds is 5. The van der Waals surface area contributed by atoms with Gasteiger partial charge in [-0.05, 0) is 48.5 Å². The maximum absolute atomic E-state index is 12.2. The summed E-state index contributed by atoms with van der Waals surface area (Å²) in [6.45, 7) is 0.904. The molecule has 1 amide bonds. The van der Waals surface area contributed by atoms with E-state index in [0.717, 1.165) is 5.75 Å². The second-order valence-electron chi connectivity index (χ2n) is 4.54. The monoisotopic (exact) mass is 323 g/mol. The molecule has 3 nitrogen and oxygen atoms in total. The minimum absolute atomic E-state index is 0.0635. The van der Waals surface area contributed by atoms with Crippen LogP contribution in [0, 0.1) is 0 Å². The van der Waals surface area contributed by atoms with Crippen LogP contribution in [-0.2, 0) is 0 Å². The molecule has 0 unspecified atom stereocenters. The summed E-state index contributed by atoms with van der Waals surface area (Å²) in [5.74, 6) is 0.665. The Bertz CT molecular complexity index is 597. The van der Waals surface area contributed by atoms with Crippen molar-refractivity contribution in [2.75, 3.05) is 20.2 Å². The lowest BCUT2D eigenvalue weighted by atomic mass is 10.2. The first-order valence-corrected chi connectivity index (χ1v) is 7.21. The molecular weight excluding hydrogens is 309 g/mol. The van der Waals surface area contributed by atoms with Gasteiger partial charge in [0.15, 0.2) is 0 Å². The van der Waals surface area contributed by atoms with Gasteiger partial charge in [0.05, 0.1) is 6.54 Å². The highest BCUT2D eigenvalue weighted by atomic mass is 35.5. The van der Waals surface area contributed by atoms with Crippen molar-refractivity contribution in [2.24, 2.45) is 0 Å². The second kappa shape index (κ2) is 7.34. The molecule has 0 aliphatic carbocycles. The highest BCUT2D eigenvalue weighted by Gasteiger charge is 2.11. The van der Waals surface area contributed by atoms with Crippen molar-refractivity contribution in [1.82, 2.24) is 4.90 Å². The van der Waals surface area contributed by atoms with E-state index in [0.29, 0.717) is 28.8 Å². The van der Waals surface area contributed by atoms with Crippen LogP contribution in [0.1, 0.15) is 10.4 Å². The number of halogens is 2. The first-order valence-electron chi connectivity index (χ1n) is 6.45. The molecule has 0 aliphatic rings. The van der Waals surface area contributed by atoms with Crippen LogP contribution in [0.15, 0.2) is 48.5 Å². The normalized spacial score (nSPS) is 10.2. The van der Waals surface area contributed by atoms with Crippen LogP contribution < -0.4 is 4.74 Å². The Labute approximate surface area is 134 Å². The lowest BCUT2D eigenvalue weighted by Gasteiger charge is -2.17. The first-order chi connectivity index (χ1) is 10.1. The maximum atomic E-state index is 12.2. The van der Waals surface area contributed by atoms with Crippen LogP contribution in [0.4, 0.5) is 0 Å². The highest BCUT2D eigenvalue weighted by molar-refractivity contribution is 6.30. The second-order valence-corrected chi connectivity index (χ2v) is 5.41. The Morgan fingerprint density at radius 2 is 1.52 bits per heavy atom. The largest absolute Gasteiger partial charge is 0.492 e. The van der Waals surface area contributed by atoms with E-state index in [-0.39, 0.29) is 5.91 Å². The number of benzene rings is 2. The fourth-order valence-corrected chi connectivity index (χ4v) is 2.00. The molecular formula is C16H15Cl2NO2. The fraction of sp³-hybridized carbons (Fsp3) is 0.188. The lowest BCUT2D eigenvalue weighted by molar-refractivity contribution is 0.0774. The zero-order valence-electron chi connectivity index (χ0n) is 11.6. The molecule has 0 bridgehead atoms. The Hall–Kier alpha value is -1.71. The fourth-order valence-electron chi connectivity index (χ4n) is 1.75. The smallest absolute Gasteiger partial charge is 0.253 e. The molecule has 0 saturated carbocycles. The van der Waals surface area contributed by atoms with Crippen LogP contribution in [0.3, 0.4) is 0 Å². The molecule has 2 rings (SSSR count). The van der Waals surface area contributed by atoms with Gasteiger partial charge in [-0.2, -0.15) is 0 Å². The van der Waals surface area contributed by atoms with E-state index < -0.39 is 0 Å². The minimum Gasteiger partial charge on any atom is -0.492 e.